The third kappa shape index (κ3) is 2.85. The molecule has 0 aromatic heterocycles. The molecule has 0 fully saturated rings. The van der Waals surface area contributed by atoms with Crippen LogP contribution in [0, 0.1) is 10.1 Å². The van der Waals surface area contributed by atoms with Gasteiger partial charge in [0.05, 0.1) is 12.0 Å². The summed E-state index contributed by atoms with van der Waals surface area (Å²) in [4.78, 5) is 9.89. The number of ether oxygens (including phenoxy) is 1. The quantitative estimate of drug-likeness (QED) is 0.690. The van der Waals surface area contributed by atoms with E-state index < -0.39 is 27.8 Å². The first-order valence-electron chi connectivity index (χ1n) is 6.39. The van der Waals surface area contributed by atoms with E-state index in [9.17, 15) is 28.4 Å². The standard InChI is InChI=1S/C15H12F3NO4/c1-23-13-5-3-2-4-12(13)14(20,15(16,17)18)10-6-8-11(9-7-10)19(21)22/h2-9,20H,1H3. The SMILES string of the molecule is COc1ccccc1C(O)(c1ccc([N+](=O)[O-])cc1)C(F)(F)F. The molecular weight excluding hydrogens is 315 g/mol. The van der Waals surface area contributed by atoms with Crippen molar-refractivity contribution >= 4 is 5.69 Å². The predicted molar refractivity (Wildman–Crippen MR) is 75.1 cm³/mol. The molecule has 122 valence electrons. The first-order chi connectivity index (χ1) is 10.7. The van der Waals surface area contributed by atoms with Crippen LogP contribution < -0.4 is 4.74 Å². The predicted octanol–water partition coefficient (Wildman–Crippen LogP) is 3.40. The van der Waals surface area contributed by atoms with Crippen molar-refractivity contribution in [3.8, 4) is 5.75 Å². The van der Waals surface area contributed by atoms with Crippen molar-refractivity contribution in [2.24, 2.45) is 0 Å². The van der Waals surface area contributed by atoms with Crippen molar-refractivity contribution in [1.82, 2.24) is 0 Å². The van der Waals surface area contributed by atoms with E-state index in [1.165, 1.54) is 25.3 Å². The third-order valence-corrected chi connectivity index (χ3v) is 3.40. The summed E-state index contributed by atoms with van der Waals surface area (Å²) in [5.41, 5.74) is -4.77. The zero-order valence-electron chi connectivity index (χ0n) is 11.9. The van der Waals surface area contributed by atoms with Crippen molar-refractivity contribution in [2.45, 2.75) is 11.8 Å². The topological polar surface area (TPSA) is 72.6 Å². The minimum Gasteiger partial charge on any atom is -0.496 e. The summed E-state index contributed by atoms with van der Waals surface area (Å²) in [6.45, 7) is 0. The summed E-state index contributed by atoms with van der Waals surface area (Å²) < 4.78 is 45.7. The molecule has 0 saturated heterocycles. The van der Waals surface area contributed by atoms with Crippen molar-refractivity contribution in [2.75, 3.05) is 7.11 Å². The Morgan fingerprint density at radius 3 is 2.13 bits per heavy atom. The number of alkyl halides is 3. The van der Waals surface area contributed by atoms with E-state index in [4.69, 9.17) is 4.74 Å². The van der Waals surface area contributed by atoms with Crippen molar-refractivity contribution in [3.63, 3.8) is 0 Å². The Morgan fingerprint density at radius 2 is 1.65 bits per heavy atom. The smallest absolute Gasteiger partial charge is 0.425 e. The first-order valence-corrected chi connectivity index (χ1v) is 6.39. The Morgan fingerprint density at radius 1 is 1.09 bits per heavy atom. The molecule has 2 aromatic rings. The second kappa shape index (κ2) is 5.88. The molecule has 2 rings (SSSR count). The van der Waals surface area contributed by atoms with Crippen LogP contribution in [0.2, 0.25) is 0 Å². The Kier molecular flexibility index (Phi) is 4.28. The zero-order chi connectivity index (χ0) is 17.3. The Balaban J connectivity index is 2.68. The summed E-state index contributed by atoms with van der Waals surface area (Å²) in [5.74, 6) is -0.148. The largest absolute Gasteiger partial charge is 0.496 e. The van der Waals surface area contributed by atoms with Crippen LogP contribution in [-0.4, -0.2) is 23.3 Å². The fourth-order valence-corrected chi connectivity index (χ4v) is 2.24. The number of nitro groups is 1. The van der Waals surface area contributed by atoms with Gasteiger partial charge in [0.25, 0.3) is 5.69 Å². The van der Waals surface area contributed by atoms with E-state index in [0.29, 0.717) is 0 Å². The van der Waals surface area contributed by atoms with Gasteiger partial charge in [-0.15, -0.1) is 0 Å². The lowest BCUT2D eigenvalue weighted by atomic mass is 9.85. The molecule has 23 heavy (non-hydrogen) atoms. The molecule has 1 atom stereocenters. The number of hydrogen-bond donors (Lipinski definition) is 1. The van der Waals surface area contributed by atoms with Crippen LogP contribution in [0.5, 0.6) is 5.75 Å². The van der Waals surface area contributed by atoms with Gasteiger partial charge in [-0.3, -0.25) is 10.1 Å². The highest BCUT2D eigenvalue weighted by atomic mass is 19.4. The molecule has 1 N–H and O–H groups in total. The average molecular weight is 327 g/mol. The molecule has 5 nitrogen and oxygen atoms in total. The highest BCUT2D eigenvalue weighted by molar-refractivity contribution is 5.48. The zero-order valence-corrected chi connectivity index (χ0v) is 11.9. The van der Waals surface area contributed by atoms with Gasteiger partial charge in [0, 0.05) is 17.7 Å². The summed E-state index contributed by atoms with van der Waals surface area (Å²) in [6.07, 6.45) is -5.06. The summed E-state index contributed by atoms with van der Waals surface area (Å²) in [6, 6.07) is 8.74. The fraction of sp³-hybridized carbons (Fsp3) is 0.200. The minimum atomic E-state index is -5.06. The number of aliphatic hydroxyl groups is 1. The number of non-ortho nitro benzene ring substituents is 1. The number of benzene rings is 2. The normalized spacial score (nSPS) is 14.1. The van der Waals surface area contributed by atoms with Gasteiger partial charge in [-0.1, -0.05) is 18.2 Å². The molecule has 2 aromatic carbocycles. The lowest BCUT2D eigenvalue weighted by Gasteiger charge is -2.32. The minimum absolute atomic E-state index is 0.148. The molecule has 0 aliphatic heterocycles. The first kappa shape index (κ1) is 16.8. The van der Waals surface area contributed by atoms with Gasteiger partial charge < -0.3 is 9.84 Å². The van der Waals surface area contributed by atoms with Crippen LogP contribution in [-0.2, 0) is 5.60 Å². The van der Waals surface area contributed by atoms with Gasteiger partial charge in [0.15, 0.2) is 0 Å². The van der Waals surface area contributed by atoms with Crippen LogP contribution in [0.4, 0.5) is 18.9 Å². The van der Waals surface area contributed by atoms with E-state index >= 15 is 0 Å². The number of halogens is 3. The highest BCUT2D eigenvalue weighted by Gasteiger charge is 2.57. The van der Waals surface area contributed by atoms with E-state index in [1.807, 2.05) is 0 Å². The van der Waals surface area contributed by atoms with E-state index in [2.05, 4.69) is 0 Å². The van der Waals surface area contributed by atoms with Crippen LogP contribution in [0.25, 0.3) is 0 Å². The van der Waals surface area contributed by atoms with Crippen LogP contribution >= 0.6 is 0 Å². The number of methoxy groups -OCH3 is 1. The van der Waals surface area contributed by atoms with Crippen molar-refractivity contribution < 1.29 is 27.9 Å². The monoisotopic (exact) mass is 327 g/mol. The molecule has 0 aliphatic carbocycles. The number of rotatable bonds is 4. The number of hydrogen-bond acceptors (Lipinski definition) is 4. The van der Waals surface area contributed by atoms with Crippen LogP contribution in [0.3, 0.4) is 0 Å². The number of nitro benzene ring substituents is 1. The Bertz CT molecular complexity index is 715. The molecule has 0 bridgehead atoms. The number of para-hydroxylation sites is 1. The van der Waals surface area contributed by atoms with E-state index in [0.717, 1.165) is 30.3 Å². The molecule has 8 heteroatoms. The molecule has 0 amide bonds. The second-order valence-electron chi connectivity index (χ2n) is 4.71. The van der Waals surface area contributed by atoms with Crippen molar-refractivity contribution in [1.29, 1.82) is 0 Å². The van der Waals surface area contributed by atoms with Crippen LogP contribution in [0.1, 0.15) is 11.1 Å². The van der Waals surface area contributed by atoms with Gasteiger partial charge in [0.1, 0.15) is 5.75 Å². The summed E-state index contributed by atoms with van der Waals surface area (Å²) >= 11 is 0. The van der Waals surface area contributed by atoms with Crippen LogP contribution in [0.15, 0.2) is 48.5 Å². The molecule has 0 heterocycles. The highest BCUT2D eigenvalue weighted by Crippen LogP contribution is 2.47. The maximum atomic E-state index is 13.6. The Labute approximate surface area is 129 Å². The van der Waals surface area contributed by atoms with Gasteiger partial charge in [-0.2, -0.15) is 13.2 Å². The molecular formula is C15H12F3NO4. The molecule has 0 aliphatic rings. The molecule has 0 radical (unpaired) electrons. The van der Waals surface area contributed by atoms with Gasteiger partial charge in [-0.25, -0.2) is 0 Å². The fourth-order valence-electron chi connectivity index (χ4n) is 2.24. The molecule has 0 saturated carbocycles. The molecule has 1 unspecified atom stereocenters. The maximum absolute atomic E-state index is 13.6. The second-order valence-corrected chi connectivity index (χ2v) is 4.71. The third-order valence-electron chi connectivity index (χ3n) is 3.40. The van der Waals surface area contributed by atoms with Gasteiger partial charge >= 0.3 is 6.18 Å². The van der Waals surface area contributed by atoms with E-state index in [1.54, 1.807) is 0 Å². The van der Waals surface area contributed by atoms with Gasteiger partial charge in [-0.05, 0) is 23.8 Å². The summed E-state index contributed by atoms with van der Waals surface area (Å²) in [5, 5.41) is 21.1. The maximum Gasteiger partial charge on any atom is 0.425 e. The Hall–Kier alpha value is -2.61. The summed E-state index contributed by atoms with van der Waals surface area (Å²) in [7, 11) is 1.19. The lowest BCUT2D eigenvalue weighted by Crippen LogP contribution is -2.43. The van der Waals surface area contributed by atoms with Gasteiger partial charge in [0.2, 0.25) is 5.60 Å². The average Bonchev–Trinajstić information content (AvgIpc) is 2.53. The van der Waals surface area contributed by atoms with E-state index in [-0.39, 0.29) is 11.4 Å². The number of nitrogens with zero attached hydrogens (tertiary/aromatic N) is 1. The molecule has 0 spiro atoms. The lowest BCUT2D eigenvalue weighted by molar-refractivity contribution is -0.384. The van der Waals surface area contributed by atoms with Crippen molar-refractivity contribution in [3.05, 3.63) is 69.8 Å².